The summed E-state index contributed by atoms with van der Waals surface area (Å²) in [6, 6.07) is 0.691. The molecule has 1 saturated carbocycles. The van der Waals surface area contributed by atoms with E-state index in [2.05, 4.69) is 23.6 Å². The first kappa shape index (κ1) is 16.3. The standard InChI is InChI=1S/C18H32N2O2/c1-14(2)22-17-6-10-20(11-7-17)18(21)15-12-16(13-15)19-8-4-3-5-9-19/h14-17H,3-13H2,1-2H3. The maximum Gasteiger partial charge on any atom is 0.225 e. The van der Waals surface area contributed by atoms with Gasteiger partial charge in [0, 0.05) is 25.0 Å². The zero-order valence-electron chi connectivity index (χ0n) is 14.3. The summed E-state index contributed by atoms with van der Waals surface area (Å²) >= 11 is 0. The van der Waals surface area contributed by atoms with Gasteiger partial charge in [-0.2, -0.15) is 0 Å². The third kappa shape index (κ3) is 3.83. The van der Waals surface area contributed by atoms with E-state index in [-0.39, 0.29) is 0 Å². The van der Waals surface area contributed by atoms with Crippen LogP contribution in [-0.4, -0.2) is 60.1 Å². The highest BCUT2D eigenvalue weighted by Gasteiger charge is 2.40. The quantitative estimate of drug-likeness (QED) is 0.800. The Kier molecular flexibility index (Phi) is 5.40. The normalized spacial score (nSPS) is 31.3. The molecule has 0 aromatic rings. The van der Waals surface area contributed by atoms with E-state index in [0.29, 0.717) is 30.1 Å². The Labute approximate surface area is 135 Å². The van der Waals surface area contributed by atoms with Gasteiger partial charge in [-0.25, -0.2) is 0 Å². The van der Waals surface area contributed by atoms with E-state index >= 15 is 0 Å². The van der Waals surface area contributed by atoms with Crippen molar-refractivity contribution in [1.29, 1.82) is 0 Å². The molecule has 1 aliphatic carbocycles. The highest BCUT2D eigenvalue weighted by Crippen LogP contribution is 2.35. The van der Waals surface area contributed by atoms with E-state index in [4.69, 9.17) is 4.74 Å². The van der Waals surface area contributed by atoms with Crippen LogP contribution in [0.15, 0.2) is 0 Å². The molecule has 1 amide bonds. The van der Waals surface area contributed by atoms with Gasteiger partial charge in [0.15, 0.2) is 0 Å². The molecule has 2 aliphatic heterocycles. The van der Waals surface area contributed by atoms with Crippen molar-refractivity contribution in [1.82, 2.24) is 9.80 Å². The van der Waals surface area contributed by atoms with Crippen molar-refractivity contribution < 1.29 is 9.53 Å². The molecule has 2 saturated heterocycles. The van der Waals surface area contributed by atoms with Crippen LogP contribution >= 0.6 is 0 Å². The van der Waals surface area contributed by atoms with Gasteiger partial charge >= 0.3 is 0 Å². The van der Waals surface area contributed by atoms with Crippen LogP contribution in [-0.2, 0) is 9.53 Å². The van der Waals surface area contributed by atoms with E-state index in [1.54, 1.807) is 0 Å². The van der Waals surface area contributed by atoms with Crippen molar-refractivity contribution in [2.75, 3.05) is 26.2 Å². The summed E-state index contributed by atoms with van der Waals surface area (Å²) in [7, 11) is 0. The second-order valence-corrected chi connectivity index (χ2v) is 7.63. The summed E-state index contributed by atoms with van der Waals surface area (Å²) in [5, 5.41) is 0. The topological polar surface area (TPSA) is 32.8 Å². The maximum absolute atomic E-state index is 12.6. The van der Waals surface area contributed by atoms with E-state index in [9.17, 15) is 4.79 Å². The monoisotopic (exact) mass is 308 g/mol. The van der Waals surface area contributed by atoms with Gasteiger partial charge in [0.1, 0.15) is 0 Å². The molecule has 0 bridgehead atoms. The van der Waals surface area contributed by atoms with Crippen molar-refractivity contribution in [2.24, 2.45) is 5.92 Å². The molecule has 2 heterocycles. The first-order valence-corrected chi connectivity index (χ1v) is 9.32. The molecule has 0 atom stereocenters. The molecule has 0 radical (unpaired) electrons. The first-order chi connectivity index (χ1) is 10.6. The molecule has 0 aromatic carbocycles. The van der Waals surface area contributed by atoms with E-state index < -0.39 is 0 Å². The van der Waals surface area contributed by atoms with Crippen molar-refractivity contribution in [3.05, 3.63) is 0 Å². The Morgan fingerprint density at radius 2 is 1.64 bits per heavy atom. The molecule has 0 spiro atoms. The predicted molar refractivity (Wildman–Crippen MR) is 87.8 cm³/mol. The van der Waals surface area contributed by atoms with Crippen LogP contribution in [0.2, 0.25) is 0 Å². The molecule has 0 N–H and O–H groups in total. The molecule has 126 valence electrons. The Balaban J connectivity index is 1.38. The number of hydrogen-bond donors (Lipinski definition) is 0. The number of carbonyl (C=O) groups excluding carboxylic acids is 1. The van der Waals surface area contributed by atoms with Gasteiger partial charge in [-0.3, -0.25) is 4.79 Å². The Morgan fingerprint density at radius 1 is 1.00 bits per heavy atom. The van der Waals surface area contributed by atoms with Crippen molar-refractivity contribution >= 4 is 5.91 Å². The smallest absolute Gasteiger partial charge is 0.225 e. The van der Waals surface area contributed by atoms with Gasteiger partial charge in [0.2, 0.25) is 5.91 Å². The molecular formula is C18H32N2O2. The SMILES string of the molecule is CC(C)OC1CCN(C(=O)C2CC(N3CCCCC3)C2)CC1. The van der Waals surface area contributed by atoms with E-state index in [0.717, 1.165) is 38.8 Å². The average Bonchev–Trinajstić information content (AvgIpc) is 2.47. The van der Waals surface area contributed by atoms with Crippen LogP contribution in [0.1, 0.15) is 58.8 Å². The highest BCUT2D eigenvalue weighted by atomic mass is 16.5. The van der Waals surface area contributed by atoms with Crippen LogP contribution in [0, 0.1) is 5.92 Å². The summed E-state index contributed by atoms with van der Waals surface area (Å²) in [5.74, 6) is 0.714. The van der Waals surface area contributed by atoms with Crippen LogP contribution in [0.5, 0.6) is 0 Å². The molecule has 22 heavy (non-hydrogen) atoms. The van der Waals surface area contributed by atoms with Gasteiger partial charge in [-0.1, -0.05) is 6.42 Å². The first-order valence-electron chi connectivity index (χ1n) is 9.32. The lowest BCUT2D eigenvalue weighted by Crippen LogP contribution is -2.53. The molecule has 3 fully saturated rings. The van der Waals surface area contributed by atoms with Crippen LogP contribution in [0.3, 0.4) is 0 Å². The second kappa shape index (κ2) is 7.31. The van der Waals surface area contributed by atoms with Gasteiger partial charge in [-0.05, 0) is 65.5 Å². The highest BCUT2D eigenvalue weighted by molar-refractivity contribution is 5.80. The summed E-state index contributed by atoms with van der Waals surface area (Å²) in [5.41, 5.74) is 0. The number of hydrogen-bond acceptors (Lipinski definition) is 3. The molecule has 3 aliphatic rings. The number of rotatable bonds is 4. The van der Waals surface area contributed by atoms with Gasteiger partial charge in [0.25, 0.3) is 0 Å². The summed E-state index contributed by atoms with van der Waals surface area (Å²) < 4.78 is 5.87. The number of carbonyl (C=O) groups is 1. The molecule has 4 heteroatoms. The summed E-state index contributed by atoms with van der Waals surface area (Å²) in [4.78, 5) is 17.3. The fraction of sp³-hybridized carbons (Fsp3) is 0.944. The lowest BCUT2D eigenvalue weighted by Gasteiger charge is -2.45. The number of ether oxygens (including phenoxy) is 1. The van der Waals surface area contributed by atoms with E-state index in [1.807, 2.05) is 0 Å². The Hall–Kier alpha value is -0.610. The lowest BCUT2D eigenvalue weighted by molar-refractivity contribution is -0.144. The second-order valence-electron chi connectivity index (χ2n) is 7.63. The third-order valence-electron chi connectivity index (χ3n) is 5.59. The van der Waals surface area contributed by atoms with Crippen molar-refractivity contribution in [3.8, 4) is 0 Å². The van der Waals surface area contributed by atoms with E-state index in [1.165, 1.54) is 32.4 Å². The molecular weight excluding hydrogens is 276 g/mol. The summed E-state index contributed by atoms with van der Waals surface area (Å²) in [6.45, 7) is 8.47. The molecule has 0 unspecified atom stereocenters. The van der Waals surface area contributed by atoms with Crippen molar-refractivity contribution in [3.63, 3.8) is 0 Å². The fourth-order valence-corrected chi connectivity index (χ4v) is 4.23. The zero-order chi connectivity index (χ0) is 15.5. The number of piperidine rings is 2. The lowest BCUT2D eigenvalue weighted by atomic mass is 9.77. The number of nitrogens with zero attached hydrogens (tertiary/aromatic N) is 2. The molecule has 4 nitrogen and oxygen atoms in total. The number of likely N-dealkylation sites (tertiary alicyclic amines) is 2. The maximum atomic E-state index is 12.6. The number of amides is 1. The third-order valence-corrected chi connectivity index (χ3v) is 5.59. The Morgan fingerprint density at radius 3 is 2.23 bits per heavy atom. The van der Waals surface area contributed by atoms with Gasteiger partial charge < -0.3 is 14.5 Å². The molecule has 3 rings (SSSR count). The van der Waals surface area contributed by atoms with Gasteiger partial charge in [-0.15, -0.1) is 0 Å². The van der Waals surface area contributed by atoms with Crippen molar-refractivity contribution in [2.45, 2.75) is 77.0 Å². The minimum atomic E-state index is 0.296. The zero-order valence-corrected chi connectivity index (χ0v) is 14.3. The van der Waals surface area contributed by atoms with Crippen LogP contribution < -0.4 is 0 Å². The summed E-state index contributed by atoms with van der Waals surface area (Å²) in [6.07, 6.45) is 8.94. The Bertz CT molecular complexity index is 365. The van der Waals surface area contributed by atoms with Crippen LogP contribution in [0.4, 0.5) is 0 Å². The predicted octanol–water partition coefficient (Wildman–Crippen LogP) is 2.67. The molecule has 0 aromatic heterocycles. The average molecular weight is 308 g/mol. The largest absolute Gasteiger partial charge is 0.375 e. The minimum Gasteiger partial charge on any atom is -0.375 e. The fourth-order valence-electron chi connectivity index (χ4n) is 4.23. The van der Waals surface area contributed by atoms with Crippen LogP contribution in [0.25, 0.3) is 0 Å². The van der Waals surface area contributed by atoms with Gasteiger partial charge in [0.05, 0.1) is 12.2 Å². The minimum absolute atomic E-state index is 0.296.